The normalized spacial score (nSPS) is 17.0. The Hall–Kier alpha value is -1.10. The Morgan fingerprint density at radius 1 is 1.36 bits per heavy atom. The van der Waals surface area contributed by atoms with Crippen molar-refractivity contribution in [1.29, 1.82) is 0 Å². The topological polar surface area (TPSA) is 50.4 Å². The lowest BCUT2D eigenvalue weighted by molar-refractivity contribution is -0.121. The highest BCUT2D eigenvalue weighted by Gasteiger charge is 2.15. The number of rotatable bonds is 8. The maximum atomic E-state index is 11.9. The fraction of sp³-hybridized carbons (Fsp3) is 0.588. The van der Waals surface area contributed by atoms with E-state index < -0.39 is 0 Å². The highest BCUT2D eigenvalue weighted by atomic mass is 35.5. The van der Waals surface area contributed by atoms with E-state index >= 15 is 0 Å². The summed E-state index contributed by atoms with van der Waals surface area (Å²) in [5.41, 5.74) is 2.29. The highest BCUT2D eigenvalue weighted by Crippen LogP contribution is 2.12. The predicted molar refractivity (Wildman–Crippen MR) is 91.1 cm³/mol. The molecular formula is C17H27ClN2O2. The average Bonchev–Trinajstić information content (AvgIpc) is 3.03. The van der Waals surface area contributed by atoms with E-state index in [2.05, 4.69) is 16.7 Å². The minimum absolute atomic E-state index is 0. The summed E-state index contributed by atoms with van der Waals surface area (Å²) >= 11 is 0. The molecule has 0 bridgehead atoms. The molecule has 1 aromatic rings. The van der Waals surface area contributed by atoms with E-state index in [1.807, 2.05) is 25.1 Å². The molecule has 0 saturated carbocycles. The van der Waals surface area contributed by atoms with Crippen LogP contribution in [0, 0.1) is 0 Å². The fourth-order valence-corrected chi connectivity index (χ4v) is 2.67. The molecule has 5 heteroatoms. The van der Waals surface area contributed by atoms with E-state index in [1.54, 1.807) is 0 Å². The van der Waals surface area contributed by atoms with Gasteiger partial charge in [0.15, 0.2) is 0 Å². The number of nitrogens with one attached hydrogen (secondary N) is 2. The van der Waals surface area contributed by atoms with E-state index in [1.165, 1.54) is 12.8 Å². The molecule has 1 aliphatic heterocycles. The van der Waals surface area contributed by atoms with Crippen molar-refractivity contribution < 1.29 is 9.53 Å². The first-order valence-corrected chi connectivity index (χ1v) is 7.94. The van der Waals surface area contributed by atoms with Crippen LogP contribution in [-0.2, 0) is 22.7 Å². The van der Waals surface area contributed by atoms with Crippen LogP contribution < -0.4 is 10.6 Å². The number of carbonyl (C=O) groups excluding carboxylic acids is 1. The second kappa shape index (κ2) is 10.6. The van der Waals surface area contributed by atoms with Crippen LogP contribution >= 0.6 is 12.4 Å². The summed E-state index contributed by atoms with van der Waals surface area (Å²) < 4.78 is 5.46. The molecule has 1 saturated heterocycles. The van der Waals surface area contributed by atoms with Crippen molar-refractivity contribution in [3.63, 3.8) is 0 Å². The highest BCUT2D eigenvalue weighted by molar-refractivity contribution is 5.85. The Morgan fingerprint density at radius 3 is 2.82 bits per heavy atom. The molecule has 0 aliphatic carbocycles. The summed E-state index contributed by atoms with van der Waals surface area (Å²) in [5, 5.41) is 6.44. The average molecular weight is 327 g/mol. The van der Waals surface area contributed by atoms with Crippen molar-refractivity contribution in [2.24, 2.45) is 0 Å². The monoisotopic (exact) mass is 326 g/mol. The lowest BCUT2D eigenvalue weighted by Crippen LogP contribution is -2.27. The molecule has 1 fully saturated rings. The van der Waals surface area contributed by atoms with E-state index in [4.69, 9.17) is 4.74 Å². The van der Waals surface area contributed by atoms with Crippen molar-refractivity contribution in [2.75, 3.05) is 13.2 Å². The van der Waals surface area contributed by atoms with Crippen LogP contribution in [-0.4, -0.2) is 25.1 Å². The van der Waals surface area contributed by atoms with Gasteiger partial charge in [0, 0.05) is 25.6 Å². The lowest BCUT2D eigenvalue weighted by Gasteiger charge is -2.12. The van der Waals surface area contributed by atoms with Crippen LogP contribution in [0.25, 0.3) is 0 Å². The second-order valence-corrected chi connectivity index (χ2v) is 5.51. The molecule has 0 radical (unpaired) electrons. The Labute approximate surface area is 139 Å². The molecule has 1 unspecified atom stereocenters. The number of benzene rings is 1. The van der Waals surface area contributed by atoms with Crippen LogP contribution in [0.3, 0.4) is 0 Å². The number of halogens is 1. The van der Waals surface area contributed by atoms with Gasteiger partial charge < -0.3 is 15.4 Å². The second-order valence-electron chi connectivity index (χ2n) is 5.51. The van der Waals surface area contributed by atoms with Gasteiger partial charge in [-0.3, -0.25) is 4.79 Å². The van der Waals surface area contributed by atoms with E-state index in [9.17, 15) is 4.79 Å². The largest absolute Gasteiger partial charge is 0.377 e. The van der Waals surface area contributed by atoms with Crippen molar-refractivity contribution in [2.45, 2.75) is 51.8 Å². The Morgan fingerprint density at radius 2 is 2.14 bits per heavy atom. The summed E-state index contributed by atoms with van der Waals surface area (Å²) in [4.78, 5) is 11.9. The molecule has 22 heavy (non-hydrogen) atoms. The molecular weight excluding hydrogens is 300 g/mol. The third kappa shape index (κ3) is 6.34. The molecule has 4 nitrogen and oxygen atoms in total. The zero-order valence-corrected chi connectivity index (χ0v) is 14.1. The molecule has 2 N–H and O–H groups in total. The maximum absolute atomic E-state index is 11.9. The molecule has 0 spiro atoms. The third-order valence-electron chi connectivity index (χ3n) is 3.94. The van der Waals surface area contributed by atoms with Gasteiger partial charge in [-0.2, -0.15) is 0 Å². The fourth-order valence-electron chi connectivity index (χ4n) is 2.67. The molecule has 1 aliphatic rings. The number of carbonyl (C=O) groups is 1. The van der Waals surface area contributed by atoms with E-state index in [0.717, 1.165) is 24.1 Å². The van der Waals surface area contributed by atoms with Crippen LogP contribution in [0.1, 0.15) is 43.7 Å². The number of hydrogen-bond acceptors (Lipinski definition) is 3. The Kier molecular flexibility index (Phi) is 9.13. The van der Waals surface area contributed by atoms with Gasteiger partial charge in [-0.1, -0.05) is 24.3 Å². The molecule has 1 atom stereocenters. The quantitative estimate of drug-likeness (QED) is 0.772. The van der Waals surface area contributed by atoms with Crippen LogP contribution in [0.4, 0.5) is 0 Å². The van der Waals surface area contributed by atoms with Crippen LogP contribution in [0.15, 0.2) is 24.3 Å². The summed E-state index contributed by atoms with van der Waals surface area (Å²) in [6.45, 7) is 4.97. The van der Waals surface area contributed by atoms with Crippen LogP contribution in [0.2, 0.25) is 0 Å². The van der Waals surface area contributed by atoms with Gasteiger partial charge in [-0.05, 0) is 43.9 Å². The molecule has 1 amide bonds. The first-order chi connectivity index (χ1) is 10.3. The number of ether oxygens (including phenoxy) is 1. The lowest BCUT2D eigenvalue weighted by atomic mass is 10.1. The zero-order chi connectivity index (χ0) is 14.9. The van der Waals surface area contributed by atoms with Crippen molar-refractivity contribution in [3.05, 3.63) is 35.4 Å². The summed E-state index contributed by atoms with van der Waals surface area (Å²) in [6, 6.07) is 8.64. The van der Waals surface area contributed by atoms with E-state index in [0.29, 0.717) is 32.2 Å². The summed E-state index contributed by atoms with van der Waals surface area (Å²) in [7, 11) is 0. The van der Waals surface area contributed by atoms with Gasteiger partial charge in [0.1, 0.15) is 0 Å². The van der Waals surface area contributed by atoms with Crippen LogP contribution in [0.5, 0.6) is 0 Å². The standard InChI is InChI=1S/C17H26N2O2.ClH/c1-2-21-13-15-7-4-3-6-14(15)12-19-17(20)10-9-16-8-5-11-18-16;/h3-4,6-7,16,18H,2,5,8-13H2,1H3,(H,19,20);1H. The summed E-state index contributed by atoms with van der Waals surface area (Å²) in [5.74, 6) is 0.134. The zero-order valence-electron chi connectivity index (χ0n) is 13.3. The van der Waals surface area contributed by atoms with Crippen molar-refractivity contribution >= 4 is 18.3 Å². The summed E-state index contributed by atoms with van der Waals surface area (Å²) in [6.07, 6.45) is 3.97. The molecule has 2 rings (SSSR count). The van der Waals surface area contributed by atoms with Gasteiger partial charge in [0.05, 0.1) is 6.61 Å². The number of hydrogen-bond donors (Lipinski definition) is 2. The first-order valence-electron chi connectivity index (χ1n) is 7.94. The van der Waals surface area contributed by atoms with Crippen molar-refractivity contribution in [1.82, 2.24) is 10.6 Å². The maximum Gasteiger partial charge on any atom is 0.220 e. The predicted octanol–water partition coefficient (Wildman–Crippen LogP) is 2.79. The Balaban J connectivity index is 0.00000242. The molecule has 1 aromatic carbocycles. The van der Waals surface area contributed by atoms with Gasteiger partial charge >= 0.3 is 0 Å². The van der Waals surface area contributed by atoms with E-state index in [-0.39, 0.29) is 18.3 Å². The molecule has 0 aromatic heterocycles. The molecule has 124 valence electrons. The number of amides is 1. The van der Waals surface area contributed by atoms with Gasteiger partial charge in [-0.15, -0.1) is 12.4 Å². The smallest absolute Gasteiger partial charge is 0.220 e. The third-order valence-corrected chi connectivity index (χ3v) is 3.94. The van der Waals surface area contributed by atoms with Gasteiger partial charge in [-0.25, -0.2) is 0 Å². The minimum Gasteiger partial charge on any atom is -0.377 e. The van der Waals surface area contributed by atoms with Crippen molar-refractivity contribution in [3.8, 4) is 0 Å². The molecule has 1 heterocycles. The first kappa shape index (κ1) is 18.9. The minimum atomic E-state index is 0. The SMILES string of the molecule is CCOCc1ccccc1CNC(=O)CCC1CCCN1.Cl. The van der Waals surface area contributed by atoms with Gasteiger partial charge in [0.2, 0.25) is 5.91 Å². The van der Waals surface area contributed by atoms with Gasteiger partial charge in [0.25, 0.3) is 0 Å². The Bertz CT molecular complexity index is 448.